The Morgan fingerprint density at radius 3 is 2.45 bits per heavy atom. The second kappa shape index (κ2) is 6.14. The van der Waals surface area contributed by atoms with E-state index < -0.39 is 0 Å². The molecule has 0 heterocycles. The van der Waals surface area contributed by atoms with Crippen LogP contribution in [-0.2, 0) is 4.79 Å². The van der Waals surface area contributed by atoms with Crippen LogP contribution in [0.3, 0.4) is 0 Å². The van der Waals surface area contributed by atoms with E-state index >= 15 is 0 Å². The Labute approximate surface area is 69.5 Å². The molecule has 11 heavy (non-hydrogen) atoms. The third-order valence-corrected chi connectivity index (χ3v) is 1.99. The first-order valence-electron chi connectivity index (χ1n) is 4.32. The molecule has 0 N–H and O–H groups in total. The summed E-state index contributed by atoms with van der Waals surface area (Å²) in [5, 5.41) is 0. The maximum Gasteiger partial charge on any atom is 0.142 e. The number of allylic oxidation sites excluding steroid dienone is 2. The molecule has 0 bridgehead atoms. The summed E-state index contributed by atoms with van der Waals surface area (Å²) < 4.78 is 0. The van der Waals surface area contributed by atoms with Gasteiger partial charge in [0.05, 0.1) is 0 Å². The van der Waals surface area contributed by atoms with Crippen molar-refractivity contribution in [2.45, 2.75) is 33.6 Å². The van der Waals surface area contributed by atoms with E-state index in [1.807, 2.05) is 6.08 Å². The minimum Gasteiger partial charge on any atom is -0.299 e. The summed E-state index contributed by atoms with van der Waals surface area (Å²) in [5.41, 5.74) is 0. The van der Waals surface area contributed by atoms with Crippen LogP contribution in [0.4, 0.5) is 0 Å². The minimum absolute atomic E-state index is 0.537. The Bertz CT molecular complexity index is 127. The van der Waals surface area contributed by atoms with E-state index in [1.54, 1.807) is 6.08 Å². The lowest BCUT2D eigenvalue weighted by Gasteiger charge is -2.11. The third kappa shape index (κ3) is 5.84. The zero-order valence-electron chi connectivity index (χ0n) is 7.71. The highest BCUT2D eigenvalue weighted by Gasteiger charge is 2.02. The molecule has 0 aliphatic rings. The summed E-state index contributed by atoms with van der Waals surface area (Å²) in [6.07, 6.45) is 6.80. The van der Waals surface area contributed by atoms with E-state index in [0.29, 0.717) is 5.92 Å². The fraction of sp³-hybridized carbons (Fsp3) is 0.700. The van der Waals surface area contributed by atoms with Gasteiger partial charge in [0.1, 0.15) is 6.29 Å². The van der Waals surface area contributed by atoms with Crippen molar-refractivity contribution in [1.82, 2.24) is 0 Å². The van der Waals surface area contributed by atoms with Crippen molar-refractivity contribution in [3.8, 4) is 0 Å². The summed E-state index contributed by atoms with van der Waals surface area (Å²) >= 11 is 0. The van der Waals surface area contributed by atoms with Gasteiger partial charge in [0.15, 0.2) is 0 Å². The summed E-state index contributed by atoms with van der Waals surface area (Å²) in [7, 11) is 0. The van der Waals surface area contributed by atoms with Gasteiger partial charge in [0.25, 0.3) is 0 Å². The molecule has 2 unspecified atom stereocenters. The first-order chi connectivity index (χ1) is 5.20. The van der Waals surface area contributed by atoms with E-state index in [1.165, 1.54) is 12.8 Å². The number of carbonyl (C=O) groups excluding carboxylic acids is 1. The summed E-state index contributed by atoms with van der Waals surface area (Å²) in [6, 6.07) is 0. The lowest BCUT2D eigenvalue weighted by atomic mass is 9.95. The van der Waals surface area contributed by atoms with Crippen LogP contribution in [0, 0.1) is 11.8 Å². The van der Waals surface area contributed by atoms with Crippen LogP contribution >= 0.6 is 0 Å². The molecule has 0 aromatic heterocycles. The van der Waals surface area contributed by atoms with E-state index in [2.05, 4.69) is 20.8 Å². The molecular weight excluding hydrogens is 136 g/mol. The molecule has 0 saturated heterocycles. The van der Waals surface area contributed by atoms with Gasteiger partial charge in [-0.15, -0.1) is 0 Å². The maximum atomic E-state index is 9.98. The first-order valence-corrected chi connectivity index (χ1v) is 4.32. The quantitative estimate of drug-likeness (QED) is 0.439. The van der Waals surface area contributed by atoms with Crippen molar-refractivity contribution in [2.75, 3.05) is 0 Å². The van der Waals surface area contributed by atoms with Crippen molar-refractivity contribution < 1.29 is 4.79 Å². The van der Waals surface area contributed by atoms with Crippen LogP contribution in [0.15, 0.2) is 12.2 Å². The zero-order valence-corrected chi connectivity index (χ0v) is 7.71. The number of rotatable bonds is 5. The minimum atomic E-state index is 0.537. The molecular formula is C10H18O. The Balaban J connectivity index is 3.58. The molecule has 0 aromatic carbocycles. The molecule has 64 valence electrons. The molecule has 0 saturated carbocycles. The molecule has 0 amide bonds. The van der Waals surface area contributed by atoms with E-state index in [9.17, 15) is 4.79 Å². The molecule has 1 nitrogen and oxygen atoms in total. The van der Waals surface area contributed by atoms with Gasteiger partial charge in [0.2, 0.25) is 0 Å². The normalized spacial score (nSPS) is 16.6. The molecule has 0 aliphatic carbocycles. The average molecular weight is 154 g/mol. The average Bonchev–Trinajstić information content (AvgIpc) is 2.00. The predicted octanol–water partition coefficient (Wildman–Crippen LogP) is 2.81. The van der Waals surface area contributed by atoms with Crippen LogP contribution in [0.5, 0.6) is 0 Å². The number of hydrogen-bond donors (Lipinski definition) is 0. The monoisotopic (exact) mass is 154 g/mol. The lowest BCUT2D eigenvalue weighted by Crippen LogP contribution is -1.99. The standard InChI is InChI=1S/C10H18O/c1-4-9(2)8-10(3)6-5-7-11/h5-7,9-10H,4,8H2,1-3H3/b6-5+. The van der Waals surface area contributed by atoms with Crippen molar-refractivity contribution in [2.24, 2.45) is 11.8 Å². The van der Waals surface area contributed by atoms with Crippen molar-refractivity contribution >= 4 is 6.29 Å². The van der Waals surface area contributed by atoms with Crippen molar-refractivity contribution in [3.63, 3.8) is 0 Å². The Kier molecular flexibility index (Phi) is 5.81. The Hall–Kier alpha value is -0.590. The van der Waals surface area contributed by atoms with Crippen LogP contribution in [-0.4, -0.2) is 6.29 Å². The Morgan fingerprint density at radius 2 is 2.00 bits per heavy atom. The van der Waals surface area contributed by atoms with Crippen LogP contribution in [0.25, 0.3) is 0 Å². The number of aldehydes is 1. The summed E-state index contributed by atoms with van der Waals surface area (Å²) in [5.74, 6) is 1.30. The number of hydrogen-bond acceptors (Lipinski definition) is 1. The van der Waals surface area contributed by atoms with Gasteiger partial charge in [-0.2, -0.15) is 0 Å². The van der Waals surface area contributed by atoms with E-state index in [0.717, 1.165) is 12.2 Å². The lowest BCUT2D eigenvalue weighted by molar-refractivity contribution is -0.104. The third-order valence-electron chi connectivity index (χ3n) is 1.99. The second-order valence-corrected chi connectivity index (χ2v) is 3.25. The first kappa shape index (κ1) is 10.4. The van der Waals surface area contributed by atoms with E-state index in [-0.39, 0.29) is 0 Å². The molecule has 1 heteroatoms. The van der Waals surface area contributed by atoms with Gasteiger partial charge in [-0.25, -0.2) is 0 Å². The van der Waals surface area contributed by atoms with E-state index in [4.69, 9.17) is 0 Å². The van der Waals surface area contributed by atoms with Crippen molar-refractivity contribution in [3.05, 3.63) is 12.2 Å². The maximum absolute atomic E-state index is 9.98. The van der Waals surface area contributed by atoms with Gasteiger partial charge >= 0.3 is 0 Å². The molecule has 0 aromatic rings. The summed E-state index contributed by atoms with van der Waals surface area (Å²) in [4.78, 5) is 9.98. The molecule has 0 aliphatic heterocycles. The molecule has 0 radical (unpaired) electrons. The number of carbonyl (C=O) groups is 1. The molecule has 0 rings (SSSR count). The van der Waals surface area contributed by atoms with Gasteiger partial charge in [-0.3, -0.25) is 4.79 Å². The fourth-order valence-electron chi connectivity index (χ4n) is 1.11. The van der Waals surface area contributed by atoms with Gasteiger partial charge in [-0.1, -0.05) is 33.3 Å². The topological polar surface area (TPSA) is 17.1 Å². The Morgan fingerprint density at radius 1 is 1.36 bits per heavy atom. The smallest absolute Gasteiger partial charge is 0.142 e. The summed E-state index contributed by atoms with van der Waals surface area (Å²) in [6.45, 7) is 6.58. The molecule has 0 spiro atoms. The predicted molar refractivity (Wildman–Crippen MR) is 48.4 cm³/mol. The fourth-order valence-corrected chi connectivity index (χ4v) is 1.11. The zero-order chi connectivity index (χ0) is 8.69. The van der Waals surface area contributed by atoms with Gasteiger partial charge in [-0.05, 0) is 24.3 Å². The second-order valence-electron chi connectivity index (χ2n) is 3.25. The largest absolute Gasteiger partial charge is 0.299 e. The van der Waals surface area contributed by atoms with Gasteiger partial charge < -0.3 is 0 Å². The van der Waals surface area contributed by atoms with Crippen molar-refractivity contribution in [1.29, 1.82) is 0 Å². The molecule has 0 fully saturated rings. The highest BCUT2D eigenvalue weighted by molar-refractivity contribution is 5.64. The van der Waals surface area contributed by atoms with Gasteiger partial charge in [0, 0.05) is 0 Å². The highest BCUT2D eigenvalue weighted by atomic mass is 16.1. The van der Waals surface area contributed by atoms with Crippen LogP contribution in [0.2, 0.25) is 0 Å². The molecule has 2 atom stereocenters. The van der Waals surface area contributed by atoms with Crippen LogP contribution < -0.4 is 0 Å². The van der Waals surface area contributed by atoms with Crippen LogP contribution in [0.1, 0.15) is 33.6 Å². The SMILES string of the molecule is CCC(C)CC(C)/C=C/C=O. The highest BCUT2D eigenvalue weighted by Crippen LogP contribution is 2.15.